The van der Waals surface area contributed by atoms with E-state index in [2.05, 4.69) is 64.8 Å². The van der Waals surface area contributed by atoms with Gasteiger partial charge in [-0.15, -0.1) is 0 Å². The molecule has 1 saturated heterocycles. The molecule has 0 bridgehead atoms. The lowest BCUT2D eigenvalue weighted by Gasteiger charge is -2.45. The molecule has 0 spiro atoms. The van der Waals surface area contributed by atoms with E-state index in [0.29, 0.717) is 6.04 Å². The molecule has 4 heteroatoms. The van der Waals surface area contributed by atoms with Gasteiger partial charge in [0.25, 0.3) is 0 Å². The topological polar surface area (TPSA) is 26.7 Å². The minimum atomic E-state index is 0.218. The maximum Gasteiger partial charge on any atom is 0.0604 e. The Balaban J connectivity index is 2.26. The molecule has 1 aromatic carbocycles. The quantitative estimate of drug-likeness (QED) is 0.907. The number of hydrogen-bond acceptors (Lipinski definition) is 3. The zero-order chi connectivity index (χ0) is 13.3. The van der Waals surface area contributed by atoms with Crippen molar-refractivity contribution in [2.45, 2.75) is 25.9 Å². The number of aliphatic hydroxyl groups excluding tert-OH is 1. The van der Waals surface area contributed by atoms with Gasteiger partial charge in [0.15, 0.2) is 0 Å². The van der Waals surface area contributed by atoms with Gasteiger partial charge in [0, 0.05) is 29.3 Å². The van der Waals surface area contributed by atoms with Crippen LogP contribution >= 0.6 is 15.9 Å². The molecule has 1 fully saturated rings. The van der Waals surface area contributed by atoms with E-state index in [1.54, 1.807) is 0 Å². The van der Waals surface area contributed by atoms with Gasteiger partial charge >= 0.3 is 0 Å². The van der Waals surface area contributed by atoms with Gasteiger partial charge in [-0.3, -0.25) is 4.90 Å². The monoisotopic (exact) mass is 312 g/mol. The fourth-order valence-electron chi connectivity index (χ4n) is 2.68. The average molecular weight is 313 g/mol. The van der Waals surface area contributed by atoms with Gasteiger partial charge in [0.1, 0.15) is 0 Å². The molecule has 100 valence electrons. The lowest BCUT2D eigenvalue weighted by molar-refractivity contribution is 0.121. The van der Waals surface area contributed by atoms with E-state index in [0.717, 1.165) is 17.6 Å². The third-order valence-corrected chi connectivity index (χ3v) is 4.29. The van der Waals surface area contributed by atoms with Crippen LogP contribution in [0.4, 0.5) is 5.69 Å². The first-order valence-corrected chi connectivity index (χ1v) is 7.16. The molecule has 0 aromatic heterocycles. The van der Waals surface area contributed by atoms with Gasteiger partial charge in [-0.1, -0.05) is 15.9 Å². The maximum absolute atomic E-state index is 9.45. The Kier molecular flexibility index (Phi) is 4.30. The molecule has 0 saturated carbocycles. The van der Waals surface area contributed by atoms with Crippen LogP contribution in [0.3, 0.4) is 0 Å². The van der Waals surface area contributed by atoms with Gasteiger partial charge in [-0.05, 0) is 44.7 Å². The lowest BCUT2D eigenvalue weighted by atomic mass is 10.1. The van der Waals surface area contributed by atoms with E-state index < -0.39 is 0 Å². The Morgan fingerprint density at radius 1 is 1.39 bits per heavy atom. The number of rotatable bonds is 2. The number of halogens is 1. The molecular formula is C14H21BrN2O. The van der Waals surface area contributed by atoms with Crippen molar-refractivity contribution < 1.29 is 5.11 Å². The van der Waals surface area contributed by atoms with E-state index >= 15 is 0 Å². The zero-order valence-corrected chi connectivity index (χ0v) is 12.8. The molecule has 1 aliphatic heterocycles. The summed E-state index contributed by atoms with van der Waals surface area (Å²) in [5.74, 6) is 0. The number of likely N-dealkylation sites (N-methyl/N-ethyl adjacent to an activating group) is 1. The number of aliphatic hydroxyl groups is 1. The molecule has 1 aliphatic rings. The van der Waals surface area contributed by atoms with E-state index in [1.165, 1.54) is 11.3 Å². The predicted molar refractivity (Wildman–Crippen MR) is 79.2 cm³/mol. The fraction of sp³-hybridized carbons (Fsp3) is 0.571. The summed E-state index contributed by atoms with van der Waals surface area (Å²) in [6.45, 7) is 6.47. The van der Waals surface area contributed by atoms with Crippen LogP contribution < -0.4 is 4.90 Å². The first kappa shape index (κ1) is 13.8. The first-order valence-electron chi connectivity index (χ1n) is 6.37. The van der Waals surface area contributed by atoms with E-state index in [-0.39, 0.29) is 12.6 Å². The average Bonchev–Trinajstić information content (AvgIpc) is 2.30. The molecule has 18 heavy (non-hydrogen) atoms. The molecule has 0 radical (unpaired) electrons. The van der Waals surface area contributed by atoms with Crippen LogP contribution in [0.2, 0.25) is 0 Å². The third-order valence-electron chi connectivity index (χ3n) is 3.79. The fourth-order valence-corrected chi connectivity index (χ4v) is 3.16. The van der Waals surface area contributed by atoms with Gasteiger partial charge < -0.3 is 10.0 Å². The maximum atomic E-state index is 9.45. The van der Waals surface area contributed by atoms with Crippen LogP contribution in [0.5, 0.6) is 0 Å². The number of piperazine rings is 1. The molecular weight excluding hydrogens is 292 g/mol. The van der Waals surface area contributed by atoms with Crippen molar-refractivity contribution in [3.05, 3.63) is 28.2 Å². The van der Waals surface area contributed by atoms with Crippen molar-refractivity contribution in [2.24, 2.45) is 0 Å². The van der Waals surface area contributed by atoms with Crippen LogP contribution in [-0.2, 0) is 0 Å². The Morgan fingerprint density at radius 2 is 2.11 bits per heavy atom. The number of aryl methyl sites for hydroxylation is 1. The second-order valence-electron chi connectivity index (χ2n) is 5.21. The minimum absolute atomic E-state index is 0.218. The highest BCUT2D eigenvalue weighted by Crippen LogP contribution is 2.28. The molecule has 2 unspecified atom stereocenters. The molecule has 1 heterocycles. The molecule has 2 atom stereocenters. The van der Waals surface area contributed by atoms with Crippen molar-refractivity contribution >= 4 is 21.6 Å². The summed E-state index contributed by atoms with van der Waals surface area (Å²) in [7, 11) is 2.09. The van der Waals surface area contributed by atoms with E-state index in [1.807, 2.05) is 0 Å². The summed E-state index contributed by atoms with van der Waals surface area (Å²) in [6.07, 6.45) is 0. The van der Waals surface area contributed by atoms with Crippen molar-refractivity contribution in [2.75, 3.05) is 31.6 Å². The highest BCUT2D eigenvalue weighted by atomic mass is 79.9. The number of anilines is 1. The van der Waals surface area contributed by atoms with Crippen LogP contribution in [0.15, 0.2) is 22.7 Å². The smallest absolute Gasteiger partial charge is 0.0604 e. The van der Waals surface area contributed by atoms with Gasteiger partial charge in [-0.2, -0.15) is 0 Å². The van der Waals surface area contributed by atoms with Crippen LogP contribution in [0, 0.1) is 6.92 Å². The van der Waals surface area contributed by atoms with Crippen molar-refractivity contribution in [1.29, 1.82) is 0 Å². The Hall–Kier alpha value is -0.580. The standard InChI is InChI=1S/C14H21BrN2O/c1-10-6-12(15)4-5-14(10)17-8-13(9-18)16(3)7-11(17)2/h4-6,11,13,18H,7-9H2,1-3H3. The van der Waals surface area contributed by atoms with E-state index in [4.69, 9.17) is 0 Å². The van der Waals surface area contributed by atoms with E-state index in [9.17, 15) is 5.11 Å². The second kappa shape index (κ2) is 5.59. The summed E-state index contributed by atoms with van der Waals surface area (Å²) in [5, 5.41) is 9.45. The molecule has 1 N–H and O–H groups in total. The summed E-state index contributed by atoms with van der Waals surface area (Å²) in [6, 6.07) is 7.09. The first-order chi connectivity index (χ1) is 8.52. The van der Waals surface area contributed by atoms with Gasteiger partial charge in [0.2, 0.25) is 0 Å². The SMILES string of the molecule is Cc1cc(Br)ccc1N1CC(CO)N(C)CC1C. The van der Waals surface area contributed by atoms with Crippen LogP contribution in [0.1, 0.15) is 12.5 Å². The normalized spacial score (nSPS) is 25.5. The van der Waals surface area contributed by atoms with Crippen LogP contribution in [-0.4, -0.2) is 48.8 Å². The highest BCUT2D eigenvalue weighted by Gasteiger charge is 2.29. The van der Waals surface area contributed by atoms with Crippen LogP contribution in [0.25, 0.3) is 0 Å². The van der Waals surface area contributed by atoms with Crippen molar-refractivity contribution in [3.63, 3.8) is 0 Å². The summed E-state index contributed by atoms with van der Waals surface area (Å²) in [5.41, 5.74) is 2.55. The zero-order valence-electron chi connectivity index (χ0n) is 11.2. The largest absolute Gasteiger partial charge is 0.395 e. The van der Waals surface area contributed by atoms with Crippen molar-refractivity contribution in [1.82, 2.24) is 4.90 Å². The highest BCUT2D eigenvalue weighted by molar-refractivity contribution is 9.10. The summed E-state index contributed by atoms with van der Waals surface area (Å²) < 4.78 is 1.12. The number of benzene rings is 1. The Morgan fingerprint density at radius 3 is 2.72 bits per heavy atom. The Labute approximate surface area is 118 Å². The number of hydrogen-bond donors (Lipinski definition) is 1. The summed E-state index contributed by atoms with van der Waals surface area (Å²) in [4.78, 5) is 4.65. The summed E-state index contributed by atoms with van der Waals surface area (Å²) >= 11 is 3.50. The molecule has 0 amide bonds. The Bertz CT molecular complexity index is 424. The minimum Gasteiger partial charge on any atom is -0.395 e. The molecule has 1 aromatic rings. The second-order valence-corrected chi connectivity index (χ2v) is 6.12. The molecule has 2 rings (SSSR count). The predicted octanol–water partition coefficient (Wildman–Crippen LogP) is 2.26. The van der Waals surface area contributed by atoms with Gasteiger partial charge in [-0.25, -0.2) is 0 Å². The molecule has 3 nitrogen and oxygen atoms in total. The van der Waals surface area contributed by atoms with Crippen molar-refractivity contribution in [3.8, 4) is 0 Å². The number of nitrogens with zero attached hydrogens (tertiary/aromatic N) is 2. The lowest BCUT2D eigenvalue weighted by Crippen LogP contribution is -2.57. The third kappa shape index (κ3) is 2.71. The molecule has 0 aliphatic carbocycles. The van der Waals surface area contributed by atoms with Gasteiger partial charge in [0.05, 0.1) is 12.6 Å².